The van der Waals surface area contributed by atoms with Crippen molar-refractivity contribution in [3.05, 3.63) is 23.8 Å². The molecule has 3 nitrogen and oxygen atoms in total. The van der Waals surface area contributed by atoms with Crippen LogP contribution < -0.4 is 14.8 Å². The molecule has 1 aromatic rings. The van der Waals surface area contributed by atoms with Crippen LogP contribution in [-0.4, -0.2) is 25.8 Å². The van der Waals surface area contributed by atoms with Gasteiger partial charge in [0.1, 0.15) is 13.2 Å². The second-order valence-corrected chi connectivity index (χ2v) is 6.26. The predicted molar refractivity (Wildman–Crippen MR) is 80.7 cm³/mol. The molecule has 1 heterocycles. The van der Waals surface area contributed by atoms with E-state index >= 15 is 0 Å². The van der Waals surface area contributed by atoms with Gasteiger partial charge in [-0.1, -0.05) is 26.3 Å². The number of rotatable bonds is 4. The van der Waals surface area contributed by atoms with Crippen molar-refractivity contribution in [3.8, 4) is 11.5 Å². The first-order valence-corrected chi connectivity index (χ1v) is 7.87. The van der Waals surface area contributed by atoms with E-state index in [9.17, 15) is 0 Å². The first-order valence-electron chi connectivity index (χ1n) is 7.87. The molecule has 2 aliphatic rings. The summed E-state index contributed by atoms with van der Waals surface area (Å²) in [6, 6.07) is 7.07. The second-order valence-electron chi connectivity index (χ2n) is 6.26. The first kappa shape index (κ1) is 13.7. The molecule has 1 N–H and O–H groups in total. The third-order valence-electron chi connectivity index (χ3n) is 4.44. The normalized spacial score (nSPS) is 25.1. The Labute approximate surface area is 121 Å². The zero-order valence-electron chi connectivity index (χ0n) is 12.5. The largest absolute Gasteiger partial charge is 0.486 e. The summed E-state index contributed by atoms with van der Waals surface area (Å²) in [5, 5.41) is 3.59. The molecule has 0 amide bonds. The lowest BCUT2D eigenvalue weighted by atomic mass is 9.88. The van der Waals surface area contributed by atoms with Crippen LogP contribution in [0.25, 0.3) is 0 Å². The molecule has 1 aliphatic carbocycles. The Balaban J connectivity index is 1.74. The first-order chi connectivity index (χ1) is 9.74. The topological polar surface area (TPSA) is 30.5 Å². The van der Waals surface area contributed by atoms with E-state index in [0.29, 0.717) is 25.2 Å². The van der Waals surface area contributed by atoms with Crippen LogP contribution in [0.1, 0.15) is 44.6 Å². The van der Waals surface area contributed by atoms with Crippen LogP contribution in [0.2, 0.25) is 0 Å². The number of nitrogens with one attached hydrogen (secondary N) is 1. The molecule has 1 aliphatic heterocycles. The maximum atomic E-state index is 5.72. The monoisotopic (exact) mass is 275 g/mol. The van der Waals surface area contributed by atoms with E-state index in [1.165, 1.54) is 24.8 Å². The van der Waals surface area contributed by atoms with Crippen molar-refractivity contribution < 1.29 is 9.47 Å². The Morgan fingerprint density at radius 2 is 1.95 bits per heavy atom. The Bertz CT molecular complexity index is 458. The highest BCUT2D eigenvalue weighted by atomic mass is 16.6. The van der Waals surface area contributed by atoms with Crippen molar-refractivity contribution in [2.45, 2.75) is 45.1 Å². The number of hydrogen-bond acceptors (Lipinski definition) is 3. The Morgan fingerprint density at radius 1 is 1.15 bits per heavy atom. The van der Waals surface area contributed by atoms with Crippen LogP contribution in [0.3, 0.4) is 0 Å². The summed E-state index contributed by atoms with van der Waals surface area (Å²) in [5.74, 6) is 3.24. The molecule has 3 heteroatoms. The van der Waals surface area contributed by atoms with Crippen LogP contribution in [0, 0.1) is 5.92 Å². The van der Waals surface area contributed by atoms with Gasteiger partial charge in [0, 0.05) is 6.04 Å². The van der Waals surface area contributed by atoms with E-state index in [1.807, 2.05) is 0 Å². The number of fused-ring (bicyclic) bond motifs is 1. The van der Waals surface area contributed by atoms with Gasteiger partial charge in [0.2, 0.25) is 0 Å². The molecular formula is C17H25NO2. The van der Waals surface area contributed by atoms with Crippen molar-refractivity contribution in [2.75, 3.05) is 19.8 Å². The highest BCUT2D eigenvalue weighted by molar-refractivity contribution is 5.45. The van der Waals surface area contributed by atoms with Crippen molar-refractivity contribution in [1.82, 2.24) is 5.32 Å². The molecule has 20 heavy (non-hydrogen) atoms. The van der Waals surface area contributed by atoms with E-state index in [4.69, 9.17) is 9.47 Å². The van der Waals surface area contributed by atoms with Crippen LogP contribution in [0.5, 0.6) is 11.5 Å². The molecular weight excluding hydrogens is 250 g/mol. The minimum atomic E-state index is 0.566. The summed E-state index contributed by atoms with van der Waals surface area (Å²) < 4.78 is 11.3. The lowest BCUT2D eigenvalue weighted by Crippen LogP contribution is -2.30. The average Bonchev–Trinajstić information content (AvgIpc) is 2.93. The summed E-state index contributed by atoms with van der Waals surface area (Å²) in [5.41, 5.74) is 1.42. The lowest BCUT2D eigenvalue weighted by molar-refractivity contribution is 0.171. The molecule has 1 saturated carbocycles. The van der Waals surface area contributed by atoms with Gasteiger partial charge in [0.05, 0.1) is 0 Å². The van der Waals surface area contributed by atoms with E-state index < -0.39 is 0 Å². The molecule has 2 atom stereocenters. The molecule has 3 rings (SSSR count). The van der Waals surface area contributed by atoms with Crippen LogP contribution >= 0.6 is 0 Å². The summed E-state index contributed by atoms with van der Waals surface area (Å²) in [6.07, 6.45) is 3.96. The quantitative estimate of drug-likeness (QED) is 0.914. The van der Waals surface area contributed by atoms with Gasteiger partial charge < -0.3 is 14.8 Å². The Hall–Kier alpha value is -1.22. The van der Waals surface area contributed by atoms with Crippen LogP contribution in [0.15, 0.2) is 18.2 Å². The van der Waals surface area contributed by atoms with Crippen molar-refractivity contribution in [2.24, 2.45) is 5.92 Å². The lowest BCUT2D eigenvalue weighted by Gasteiger charge is -2.24. The van der Waals surface area contributed by atoms with Gasteiger partial charge in [-0.25, -0.2) is 0 Å². The molecule has 0 radical (unpaired) electrons. The highest BCUT2D eigenvalue weighted by Gasteiger charge is 2.29. The zero-order valence-corrected chi connectivity index (χ0v) is 12.5. The van der Waals surface area contributed by atoms with Crippen molar-refractivity contribution >= 4 is 0 Å². The summed E-state index contributed by atoms with van der Waals surface area (Å²) in [6.45, 7) is 6.88. The molecule has 1 aromatic carbocycles. The molecule has 110 valence electrons. The molecule has 0 saturated heterocycles. The van der Waals surface area contributed by atoms with Crippen molar-refractivity contribution in [3.63, 3.8) is 0 Å². The fourth-order valence-corrected chi connectivity index (χ4v) is 3.40. The highest BCUT2D eigenvalue weighted by Crippen LogP contribution is 2.42. The van der Waals surface area contributed by atoms with E-state index in [2.05, 4.69) is 37.4 Å². The summed E-state index contributed by atoms with van der Waals surface area (Å²) in [7, 11) is 0. The number of benzene rings is 1. The molecule has 2 unspecified atom stereocenters. The third-order valence-corrected chi connectivity index (χ3v) is 4.44. The van der Waals surface area contributed by atoms with Gasteiger partial charge in [-0.15, -0.1) is 0 Å². The predicted octanol–water partition coefficient (Wildman–Crippen LogP) is 3.34. The Kier molecular flexibility index (Phi) is 4.16. The standard InChI is InChI=1S/C17H25NO2/c1-12(2)18-11-14-4-3-5-15(14)13-6-7-16-17(10-13)20-9-8-19-16/h6-7,10,12,14-15,18H,3-5,8-9,11H2,1-2H3. The Morgan fingerprint density at radius 3 is 2.75 bits per heavy atom. The fraction of sp³-hybridized carbons (Fsp3) is 0.647. The SMILES string of the molecule is CC(C)NCC1CCCC1c1ccc2c(c1)OCCO2. The van der Waals surface area contributed by atoms with Gasteiger partial charge in [-0.05, 0) is 48.9 Å². The molecule has 0 spiro atoms. The van der Waals surface area contributed by atoms with Gasteiger partial charge >= 0.3 is 0 Å². The third kappa shape index (κ3) is 2.93. The smallest absolute Gasteiger partial charge is 0.161 e. The average molecular weight is 275 g/mol. The molecule has 0 bridgehead atoms. The minimum Gasteiger partial charge on any atom is -0.486 e. The number of hydrogen-bond donors (Lipinski definition) is 1. The van der Waals surface area contributed by atoms with Gasteiger partial charge in [0.15, 0.2) is 11.5 Å². The van der Waals surface area contributed by atoms with Crippen molar-refractivity contribution in [1.29, 1.82) is 0 Å². The minimum absolute atomic E-state index is 0.566. The maximum Gasteiger partial charge on any atom is 0.161 e. The van der Waals surface area contributed by atoms with Gasteiger partial charge in [-0.2, -0.15) is 0 Å². The van der Waals surface area contributed by atoms with Gasteiger partial charge in [-0.3, -0.25) is 0 Å². The van der Waals surface area contributed by atoms with Gasteiger partial charge in [0.25, 0.3) is 0 Å². The van der Waals surface area contributed by atoms with E-state index in [-0.39, 0.29) is 0 Å². The van der Waals surface area contributed by atoms with E-state index in [1.54, 1.807) is 0 Å². The summed E-state index contributed by atoms with van der Waals surface area (Å²) >= 11 is 0. The maximum absolute atomic E-state index is 5.72. The fourth-order valence-electron chi connectivity index (χ4n) is 3.40. The molecule has 1 fully saturated rings. The zero-order chi connectivity index (χ0) is 13.9. The van der Waals surface area contributed by atoms with Crippen LogP contribution in [0.4, 0.5) is 0 Å². The number of ether oxygens (including phenoxy) is 2. The summed E-state index contributed by atoms with van der Waals surface area (Å²) in [4.78, 5) is 0. The second kappa shape index (κ2) is 6.04. The van der Waals surface area contributed by atoms with Crippen LogP contribution in [-0.2, 0) is 0 Å². The molecule has 0 aromatic heterocycles. The van der Waals surface area contributed by atoms with E-state index in [0.717, 1.165) is 24.0 Å².